The molecule has 4 bridgehead atoms. The zero-order valence-corrected chi connectivity index (χ0v) is 36.0. The Hall–Kier alpha value is 1.04. The predicted octanol–water partition coefficient (Wildman–Crippen LogP) is 6.44. The van der Waals surface area contributed by atoms with Crippen LogP contribution >= 0.6 is 0 Å². The zero-order valence-electron chi connectivity index (χ0n) is 29.0. The van der Waals surface area contributed by atoms with Gasteiger partial charge in [-0.3, -0.25) is 0 Å². The van der Waals surface area contributed by atoms with Crippen molar-refractivity contribution in [3.8, 4) is 0 Å². The maximum Gasteiger partial charge on any atom is 0.558 e. The van der Waals surface area contributed by atoms with Gasteiger partial charge in [-0.1, -0.05) is 77.0 Å². The molecular formula is C30H57O12Si7. The van der Waals surface area contributed by atoms with Crippen LogP contribution in [0.1, 0.15) is 154 Å². The van der Waals surface area contributed by atoms with Gasteiger partial charge in [-0.05, 0) is 77.0 Å². The van der Waals surface area contributed by atoms with E-state index in [9.17, 15) is 14.4 Å². The van der Waals surface area contributed by atoms with Crippen molar-refractivity contribution < 1.29 is 51.4 Å². The summed E-state index contributed by atoms with van der Waals surface area (Å²) in [6.45, 7) is 0. The highest BCUT2D eigenvalue weighted by atomic mass is 28.6. The van der Waals surface area contributed by atoms with Gasteiger partial charge >= 0.3 is 62.4 Å². The maximum absolute atomic E-state index is 13.2. The maximum atomic E-state index is 13.2. The summed E-state index contributed by atoms with van der Waals surface area (Å²) < 4.78 is 66.6. The molecule has 6 saturated carbocycles. The second-order valence-corrected chi connectivity index (χ2v) is 36.9. The Labute approximate surface area is 300 Å². The van der Waals surface area contributed by atoms with Crippen molar-refractivity contribution in [2.45, 2.75) is 187 Å². The van der Waals surface area contributed by atoms with Crippen molar-refractivity contribution in [3.05, 3.63) is 0 Å². The standard InChI is InChI=1S/C30H57O12Si7/c31-43-34-46(27-17-5-6-18-27)36-44(32,25-13-1-2-14-25)38-48(29-21-9-10-22-29)39-45(33,26-15-3-4-16-26)37-47(35-43,28-19-7-8-20-28)41-49(40-46,42-48)30-23-11-12-24-30/h25-33H,1-24H2. The molecule has 9 fully saturated rings. The fraction of sp³-hybridized carbons (Fsp3) is 1.00. The van der Waals surface area contributed by atoms with Crippen LogP contribution in [0.3, 0.4) is 0 Å². The highest BCUT2D eigenvalue weighted by molar-refractivity contribution is 6.98. The van der Waals surface area contributed by atoms with Gasteiger partial charge in [-0.25, -0.2) is 0 Å². The number of hydrogen-bond donors (Lipinski definition) is 3. The molecule has 49 heavy (non-hydrogen) atoms. The highest BCUT2D eigenvalue weighted by Crippen LogP contribution is 2.60. The van der Waals surface area contributed by atoms with E-state index < -0.39 is 62.4 Å². The predicted molar refractivity (Wildman–Crippen MR) is 190 cm³/mol. The van der Waals surface area contributed by atoms with E-state index in [1.54, 1.807) is 0 Å². The second kappa shape index (κ2) is 13.7. The summed E-state index contributed by atoms with van der Waals surface area (Å²) in [5.41, 5.74) is -0.854. The molecule has 0 aromatic heterocycles. The Bertz CT molecular complexity index is 1130. The monoisotopic (exact) mass is 805 g/mol. The Kier molecular flexibility index (Phi) is 9.95. The molecule has 4 unspecified atom stereocenters. The molecule has 3 saturated heterocycles. The molecule has 277 valence electrons. The van der Waals surface area contributed by atoms with E-state index in [4.69, 9.17) is 37.0 Å². The minimum Gasteiger partial charge on any atom is -0.390 e. The lowest BCUT2D eigenvalue weighted by Gasteiger charge is -2.59. The molecule has 6 aliphatic carbocycles. The van der Waals surface area contributed by atoms with Crippen LogP contribution in [-0.2, 0) is 37.0 Å². The summed E-state index contributed by atoms with van der Waals surface area (Å²) in [4.78, 5) is 38.5. The minimum atomic E-state index is -4.21. The van der Waals surface area contributed by atoms with Crippen molar-refractivity contribution in [2.24, 2.45) is 0 Å². The van der Waals surface area contributed by atoms with Crippen LogP contribution in [0.4, 0.5) is 0 Å². The number of rotatable bonds is 6. The van der Waals surface area contributed by atoms with Crippen LogP contribution in [0.15, 0.2) is 0 Å². The molecule has 4 atom stereocenters. The van der Waals surface area contributed by atoms with Crippen LogP contribution in [0.2, 0.25) is 33.2 Å². The van der Waals surface area contributed by atoms with Crippen LogP contribution < -0.4 is 0 Å². The van der Waals surface area contributed by atoms with Crippen molar-refractivity contribution in [1.82, 2.24) is 0 Å². The molecule has 0 amide bonds. The first-order valence-electron chi connectivity index (χ1n) is 20.0. The third-order valence-electron chi connectivity index (χ3n) is 13.6. The minimum absolute atomic E-state index is 0.0555. The van der Waals surface area contributed by atoms with Crippen LogP contribution in [-0.4, -0.2) is 76.7 Å². The number of hydrogen-bond acceptors (Lipinski definition) is 12. The lowest BCUT2D eigenvalue weighted by molar-refractivity contribution is -0.00227. The van der Waals surface area contributed by atoms with E-state index in [0.29, 0.717) is 0 Å². The number of fused-ring (bicyclic) bond motifs is 3. The molecular weight excluding hydrogens is 749 g/mol. The van der Waals surface area contributed by atoms with Gasteiger partial charge in [0.05, 0.1) is 0 Å². The van der Waals surface area contributed by atoms with E-state index in [1.807, 2.05) is 0 Å². The summed E-state index contributed by atoms with van der Waals surface area (Å²) >= 11 is 0. The van der Waals surface area contributed by atoms with Gasteiger partial charge in [0.15, 0.2) is 0 Å². The molecule has 0 aromatic rings. The Morgan fingerprint density at radius 1 is 0.327 bits per heavy atom. The van der Waals surface area contributed by atoms with Gasteiger partial charge in [0.1, 0.15) is 0 Å². The first kappa shape index (κ1) is 35.7. The third-order valence-corrected chi connectivity index (χ3v) is 42.9. The largest absolute Gasteiger partial charge is 0.558 e. The van der Waals surface area contributed by atoms with Crippen molar-refractivity contribution in [1.29, 1.82) is 0 Å². The lowest BCUT2D eigenvalue weighted by atomic mass is 10.4. The smallest absolute Gasteiger partial charge is 0.390 e. The van der Waals surface area contributed by atoms with E-state index in [1.165, 1.54) is 0 Å². The molecule has 0 spiro atoms. The van der Waals surface area contributed by atoms with Crippen LogP contribution in [0.5, 0.6) is 0 Å². The molecule has 3 heterocycles. The first-order chi connectivity index (χ1) is 23.7. The lowest BCUT2D eigenvalue weighted by Crippen LogP contribution is -2.83. The fourth-order valence-electron chi connectivity index (χ4n) is 11.0. The molecule has 0 aromatic carbocycles. The molecule has 9 rings (SSSR count). The Morgan fingerprint density at radius 3 is 0.878 bits per heavy atom. The second-order valence-electron chi connectivity index (χ2n) is 16.7. The summed E-state index contributed by atoms with van der Waals surface area (Å²) in [6, 6.07) is 0. The fourth-order valence-corrected chi connectivity index (χ4v) is 49.8. The van der Waals surface area contributed by atoms with Gasteiger partial charge in [0.2, 0.25) is 0 Å². The summed E-state index contributed by atoms with van der Waals surface area (Å²) in [7, 11) is -27.5. The summed E-state index contributed by atoms with van der Waals surface area (Å²) in [5, 5.41) is 0. The van der Waals surface area contributed by atoms with Gasteiger partial charge in [0, 0.05) is 33.2 Å². The first-order valence-corrected chi connectivity index (χ1v) is 32.1. The summed E-state index contributed by atoms with van der Waals surface area (Å²) in [5.74, 6) is 0. The van der Waals surface area contributed by atoms with E-state index in [2.05, 4.69) is 0 Å². The SMILES string of the molecule is O[Si]1O[Si]2(C3CCCC3)O[Si](O)(C3CCCC3)O[Si]3(C4CCCC4)O[Si](O)(C4CCCC4)O[Si](C4CCCC4)(O1)O[Si](C1CCCC1)(O2)O3. The van der Waals surface area contributed by atoms with Gasteiger partial charge in [-0.15, -0.1) is 0 Å². The highest BCUT2D eigenvalue weighted by Gasteiger charge is 2.81. The van der Waals surface area contributed by atoms with Crippen molar-refractivity contribution in [3.63, 3.8) is 0 Å². The zero-order chi connectivity index (χ0) is 33.4. The topological polar surface area (TPSA) is 144 Å². The van der Waals surface area contributed by atoms with Crippen molar-refractivity contribution in [2.75, 3.05) is 0 Å². The normalized spacial score (nSPS) is 47.6. The average Bonchev–Trinajstić information content (AvgIpc) is 3.92. The van der Waals surface area contributed by atoms with Gasteiger partial charge in [-0.2, -0.15) is 0 Å². The molecule has 1 radical (unpaired) electrons. The summed E-state index contributed by atoms with van der Waals surface area (Å²) in [6.07, 6.45) is 21.8. The van der Waals surface area contributed by atoms with E-state index >= 15 is 0 Å². The van der Waals surface area contributed by atoms with E-state index in [0.717, 1.165) is 154 Å². The average molecular weight is 806 g/mol. The molecule has 3 aliphatic heterocycles. The van der Waals surface area contributed by atoms with Gasteiger partial charge < -0.3 is 51.4 Å². The molecule has 19 heteroatoms. The Balaban J connectivity index is 1.29. The van der Waals surface area contributed by atoms with Crippen LogP contribution in [0, 0.1) is 0 Å². The molecule has 3 N–H and O–H groups in total. The van der Waals surface area contributed by atoms with Crippen LogP contribution in [0.25, 0.3) is 0 Å². The quantitative estimate of drug-likeness (QED) is 0.255. The van der Waals surface area contributed by atoms with Crippen molar-refractivity contribution >= 4 is 62.4 Å². The Morgan fingerprint density at radius 2 is 0.551 bits per heavy atom. The third kappa shape index (κ3) is 6.32. The van der Waals surface area contributed by atoms with E-state index in [-0.39, 0.29) is 33.2 Å². The molecule has 12 nitrogen and oxygen atoms in total. The van der Waals surface area contributed by atoms with Gasteiger partial charge in [0.25, 0.3) is 0 Å². The molecule has 9 aliphatic rings.